The second-order valence-corrected chi connectivity index (χ2v) is 7.58. The fraction of sp³-hybridized carbons (Fsp3) is 0.333. The number of carbonyl (C=O) groups excluding carboxylic acids is 2. The number of carbonyl (C=O) groups is 2. The summed E-state index contributed by atoms with van der Waals surface area (Å²) < 4.78 is 0. The van der Waals surface area contributed by atoms with Gasteiger partial charge in [0.05, 0.1) is 5.92 Å². The second kappa shape index (κ2) is 5.72. The molecule has 1 N–H and O–H groups in total. The number of likely N-dealkylation sites (tertiary alicyclic amines) is 1. The van der Waals surface area contributed by atoms with E-state index in [0.717, 1.165) is 16.0 Å². The molecule has 0 saturated carbocycles. The fourth-order valence-corrected chi connectivity index (χ4v) is 5.55. The van der Waals surface area contributed by atoms with Crippen molar-refractivity contribution >= 4 is 11.8 Å². The summed E-state index contributed by atoms with van der Waals surface area (Å²) in [4.78, 5) is 39.9. The molecule has 142 valence electrons. The van der Waals surface area contributed by atoms with Gasteiger partial charge in [-0.1, -0.05) is 48.5 Å². The molecule has 28 heavy (non-hydrogen) atoms. The first-order valence-corrected chi connectivity index (χ1v) is 9.34. The van der Waals surface area contributed by atoms with Gasteiger partial charge in [0.25, 0.3) is 5.54 Å². The van der Waals surface area contributed by atoms with Gasteiger partial charge in [-0.05, 0) is 17.5 Å². The fourth-order valence-electron chi connectivity index (χ4n) is 5.55. The largest absolute Gasteiger partial charge is 0.396 e. The monoisotopic (exact) mass is 378 g/mol. The first-order chi connectivity index (χ1) is 13.5. The SMILES string of the molecule is O=C1C2C3c4ccccc4C([N+](=O)[O-])(c4ccccc43)C2C(=O)N1CCCO. The molecule has 2 aromatic carbocycles. The first-order valence-electron chi connectivity index (χ1n) is 9.34. The molecule has 2 unspecified atom stereocenters. The third-order valence-electron chi connectivity index (χ3n) is 6.49. The first kappa shape index (κ1) is 17.1. The minimum absolute atomic E-state index is 0.0777. The number of amides is 2. The number of imide groups is 1. The van der Waals surface area contributed by atoms with Crippen LogP contribution in [-0.4, -0.2) is 39.9 Å². The summed E-state index contributed by atoms with van der Waals surface area (Å²) in [5.74, 6) is -3.11. The third kappa shape index (κ3) is 1.77. The van der Waals surface area contributed by atoms with Crippen molar-refractivity contribution in [2.45, 2.75) is 17.9 Å². The van der Waals surface area contributed by atoms with Crippen LogP contribution in [0.1, 0.15) is 34.6 Å². The molecule has 1 heterocycles. The van der Waals surface area contributed by atoms with E-state index in [9.17, 15) is 19.7 Å². The predicted octanol–water partition coefficient (Wildman–Crippen LogP) is 1.65. The lowest BCUT2D eigenvalue weighted by Crippen LogP contribution is -2.57. The number of aliphatic hydroxyl groups is 1. The van der Waals surface area contributed by atoms with E-state index in [4.69, 9.17) is 5.11 Å². The van der Waals surface area contributed by atoms with Gasteiger partial charge in [-0.15, -0.1) is 0 Å². The maximum atomic E-state index is 13.3. The highest BCUT2D eigenvalue weighted by atomic mass is 16.6. The lowest BCUT2D eigenvalue weighted by atomic mass is 9.51. The molecule has 2 atom stereocenters. The van der Waals surface area contributed by atoms with Crippen LogP contribution in [0.2, 0.25) is 0 Å². The van der Waals surface area contributed by atoms with Crippen LogP contribution in [0.25, 0.3) is 0 Å². The average molecular weight is 378 g/mol. The van der Waals surface area contributed by atoms with Gasteiger partial charge in [0.15, 0.2) is 0 Å². The Morgan fingerprint density at radius 3 is 2.11 bits per heavy atom. The zero-order valence-corrected chi connectivity index (χ0v) is 14.9. The second-order valence-electron chi connectivity index (χ2n) is 7.58. The average Bonchev–Trinajstić information content (AvgIpc) is 2.97. The maximum absolute atomic E-state index is 13.3. The molecule has 7 nitrogen and oxygen atoms in total. The summed E-state index contributed by atoms with van der Waals surface area (Å²) in [7, 11) is 0. The summed E-state index contributed by atoms with van der Waals surface area (Å²) in [6.45, 7) is -0.0783. The van der Waals surface area contributed by atoms with Crippen LogP contribution in [0.5, 0.6) is 0 Å². The van der Waals surface area contributed by atoms with E-state index in [1.165, 1.54) is 0 Å². The molecular weight excluding hydrogens is 360 g/mol. The van der Waals surface area contributed by atoms with E-state index in [1.54, 1.807) is 24.3 Å². The molecule has 6 rings (SSSR count). The van der Waals surface area contributed by atoms with Crippen molar-refractivity contribution in [2.75, 3.05) is 13.2 Å². The standard InChI is InChI=1S/C21H18N2O5/c24-11-5-10-22-19(25)17-16-12-6-1-3-8-14(12)21(23(27)28,18(17)20(22)26)15-9-4-2-7-13(15)16/h1-4,6-9,16-18,24H,5,10-11H2. The Balaban J connectivity index is 1.83. The zero-order valence-electron chi connectivity index (χ0n) is 14.9. The number of rotatable bonds is 4. The van der Waals surface area contributed by atoms with Crippen LogP contribution in [0, 0.1) is 22.0 Å². The minimum atomic E-state index is -1.77. The molecule has 2 aromatic rings. The molecule has 4 aliphatic rings. The number of benzene rings is 2. The number of hydrogen-bond acceptors (Lipinski definition) is 5. The van der Waals surface area contributed by atoms with Crippen molar-refractivity contribution in [2.24, 2.45) is 11.8 Å². The zero-order chi connectivity index (χ0) is 19.6. The Labute approximate surface area is 160 Å². The van der Waals surface area contributed by atoms with Gasteiger partial charge in [-0.25, -0.2) is 0 Å². The quantitative estimate of drug-likeness (QED) is 0.495. The smallest absolute Gasteiger partial charge is 0.284 e. The summed E-state index contributed by atoms with van der Waals surface area (Å²) in [5.41, 5.74) is 0.756. The van der Waals surface area contributed by atoms with Crippen LogP contribution in [0.4, 0.5) is 0 Å². The van der Waals surface area contributed by atoms with Crippen molar-refractivity contribution in [3.05, 3.63) is 80.9 Å². The van der Waals surface area contributed by atoms with Crippen molar-refractivity contribution in [1.29, 1.82) is 0 Å². The van der Waals surface area contributed by atoms with Gasteiger partial charge in [0.1, 0.15) is 5.92 Å². The maximum Gasteiger partial charge on any atom is 0.284 e. The summed E-state index contributed by atoms with van der Waals surface area (Å²) >= 11 is 0. The highest BCUT2D eigenvalue weighted by Crippen LogP contribution is 2.64. The van der Waals surface area contributed by atoms with Crippen molar-refractivity contribution in [3.63, 3.8) is 0 Å². The van der Waals surface area contributed by atoms with E-state index in [1.807, 2.05) is 24.3 Å². The Morgan fingerprint density at radius 2 is 1.57 bits per heavy atom. The van der Waals surface area contributed by atoms with Gasteiger partial charge >= 0.3 is 0 Å². The van der Waals surface area contributed by atoms with E-state index in [2.05, 4.69) is 0 Å². The Bertz CT molecular complexity index is 985. The molecule has 0 spiro atoms. The number of nitro groups is 1. The molecule has 2 amide bonds. The highest BCUT2D eigenvalue weighted by Gasteiger charge is 2.74. The van der Waals surface area contributed by atoms with Crippen LogP contribution in [0.15, 0.2) is 48.5 Å². The van der Waals surface area contributed by atoms with Crippen LogP contribution in [-0.2, 0) is 15.1 Å². The van der Waals surface area contributed by atoms with Crippen LogP contribution >= 0.6 is 0 Å². The van der Waals surface area contributed by atoms with Crippen LogP contribution < -0.4 is 0 Å². The summed E-state index contributed by atoms with van der Waals surface area (Å²) in [6, 6.07) is 14.2. The minimum Gasteiger partial charge on any atom is -0.396 e. The van der Waals surface area contributed by atoms with Crippen molar-refractivity contribution in [1.82, 2.24) is 4.90 Å². The van der Waals surface area contributed by atoms with E-state index in [0.29, 0.717) is 11.1 Å². The molecule has 1 saturated heterocycles. The van der Waals surface area contributed by atoms with Crippen molar-refractivity contribution in [3.8, 4) is 0 Å². The van der Waals surface area contributed by atoms with Crippen LogP contribution in [0.3, 0.4) is 0 Å². The topological polar surface area (TPSA) is 101 Å². The molecule has 2 bridgehead atoms. The molecule has 7 heteroatoms. The number of aliphatic hydroxyl groups excluding tert-OH is 1. The highest BCUT2D eigenvalue weighted by molar-refractivity contribution is 6.08. The van der Waals surface area contributed by atoms with E-state index < -0.39 is 23.3 Å². The lowest BCUT2D eigenvalue weighted by molar-refractivity contribution is -0.578. The Morgan fingerprint density at radius 1 is 1.00 bits per heavy atom. The summed E-state index contributed by atoms with van der Waals surface area (Å²) in [6.07, 6.45) is 0.257. The van der Waals surface area contributed by atoms with Gasteiger partial charge in [-0.2, -0.15) is 0 Å². The molecular formula is C21H18N2O5. The van der Waals surface area contributed by atoms with Crippen molar-refractivity contribution < 1.29 is 19.6 Å². The third-order valence-corrected chi connectivity index (χ3v) is 6.49. The van der Waals surface area contributed by atoms with Gasteiger partial charge in [-0.3, -0.25) is 24.6 Å². The molecule has 1 fully saturated rings. The summed E-state index contributed by atoms with van der Waals surface area (Å²) in [5, 5.41) is 21.8. The van der Waals surface area contributed by atoms with Gasteiger partial charge in [0, 0.05) is 35.1 Å². The van der Waals surface area contributed by atoms with E-state index in [-0.39, 0.29) is 36.3 Å². The Kier molecular flexibility index (Phi) is 3.49. The molecule has 3 aliphatic carbocycles. The number of nitrogens with zero attached hydrogens (tertiary/aromatic N) is 2. The van der Waals surface area contributed by atoms with Gasteiger partial charge < -0.3 is 5.11 Å². The normalized spacial score (nSPS) is 29.5. The molecule has 0 aromatic heterocycles. The van der Waals surface area contributed by atoms with Gasteiger partial charge in [0.2, 0.25) is 11.8 Å². The number of hydrogen-bond donors (Lipinski definition) is 1. The lowest BCUT2D eigenvalue weighted by Gasteiger charge is -2.48. The molecule has 0 radical (unpaired) electrons. The van der Waals surface area contributed by atoms with E-state index >= 15 is 0 Å². The predicted molar refractivity (Wildman–Crippen MR) is 97.9 cm³/mol. The Hall–Kier alpha value is -3.06. The molecule has 1 aliphatic heterocycles.